The minimum atomic E-state index is -0.101. The molecule has 0 radical (unpaired) electrons. The van der Waals surface area contributed by atoms with Crippen LogP contribution in [0.1, 0.15) is 5.56 Å². The van der Waals surface area contributed by atoms with Crippen LogP contribution in [0.2, 0.25) is 0 Å². The number of nitrogens with two attached hydrogens (primary N) is 1. The van der Waals surface area contributed by atoms with Gasteiger partial charge in [0.2, 0.25) is 0 Å². The fourth-order valence-corrected chi connectivity index (χ4v) is 2.48. The van der Waals surface area contributed by atoms with Crippen molar-refractivity contribution in [1.82, 2.24) is 9.55 Å². The van der Waals surface area contributed by atoms with Gasteiger partial charge in [0.05, 0.1) is 11.0 Å². The van der Waals surface area contributed by atoms with Crippen LogP contribution in [0.5, 0.6) is 0 Å². The van der Waals surface area contributed by atoms with E-state index in [0.717, 1.165) is 27.5 Å². The van der Waals surface area contributed by atoms with Crippen molar-refractivity contribution in [2.45, 2.75) is 6.42 Å². The van der Waals surface area contributed by atoms with E-state index in [1.54, 1.807) is 11.6 Å². The molecule has 0 aliphatic rings. The van der Waals surface area contributed by atoms with Crippen molar-refractivity contribution in [2.75, 3.05) is 6.54 Å². The number of hydrogen-bond acceptors (Lipinski definition) is 2. The number of aromatic amines is 1. The third kappa shape index (κ3) is 1.72. The van der Waals surface area contributed by atoms with Crippen molar-refractivity contribution >= 4 is 27.0 Å². The number of fused-ring (bicyclic) bond motifs is 1. The molecule has 1 aromatic heterocycles. The van der Waals surface area contributed by atoms with Crippen LogP contribution in [-0.4, -0.2) is 16.1 Å². The van der Waals surface area contributed by atoms with Crippen LogP contribution in [-0.2, 0) is 13.5 Å². The Morgan fingerprint density at radius 3 is 2.93 bits per heavy atom. The van der Waals surface area contributed by atoms with Gasteiger partial charge in [0, 0.05) is 11.5 Å². The lowest BCUT2D eigenvalue weighted by molar-refractivity contribution is 0.890. The molecular weight excluding hydrogens is 258 g/mol. The number of aryl methyl sites for hydroxylation is 1. The molecule has 0 fully saturated rings. The molecule has 0 amide bonds. The van der Waals surface area contributed by atoms with Gasteiger partial charge in [0.1, 0.15) is 0 Å². The maximum atomic E-state index is 11.4. The number of rotatable bonds is 2. The van der Waals surface area contributed by atoms with E-state index in [4.69, 9.17) is 5.73 Å². The van der Waals surface area contributed by atoms with E-state index < -0.39 is 0 Å². The third-order valence-corrected chi connectivity index (χ3v) is 3.04. The number of hydrogen-bond donors (Lipinski definition) is 2. The number of nitrogens with zero attached hydrogens (tertiary/aromatic N) is 1. The van der Waals surface area contributed by atoms with Crippen LogP contribution in [0.15, 0.2) is 21.4 Å². The summed E-state index contributed by atoms with van der Waals surface area (Å²) in [6.07, 6.45) is 0.811. The summed E-state index contributed by atoms with van der Waals surface area (Å²) in [5.41, 5.74) is 8.26. The molecule has 0 aliphatic heterocycles. The molecular formula is C10H12BrN3O. The predicted molar refractivity (Wildman–Crippen MR) is 64.0 cm³/mol. The van der Waals surface area contributed by atoms with Gasteiger partial charge in [-0.15, -0.1) is 0 Å². The Hall–Kier alpha value is -1.07. The second kappa shape index (κ2) is 3.83. The fraction of sp³-hybridized carbons (Fsp3) is 0.300. The number of H-pyrrole nitrogens is 1. The molecule has 0 unspecified atom stereocenters. The number of nitrogens with one attached hydrogen (secondary N) is 1. The zero-order chi connectivity index (χ0) is 11.0. The van der Waals surface area contributed by atoms with Gasteiger partial charge < -0.3 is 10.7 Å². The van der Waals surface area contributed by atoms with Crippen molar-refractivity contribution < 1.29 is 0 Å². The summed E-state index contributed by atoms with van der Waals surface area (Å²) in [7, 11) is 1.74. The molecule has 3 N–H and O–H groups in total. The zero-order valence-electron chi connectivity index (χ0n) is 8.38. The first kappa shape index (κ1) is 10.4. The quantitative estimate of drug-likeness (QED) is 0.859. The minimum Gasteiger partial charge on any atom is -0.330 e. The van der Waals surface area contributed by atoms with Crippen LogP contribution in [0.3, 0.4) is 0 Å². The summed E-state index contributed by atoms with van der Waals surface area (Å²) < 4.78 is 2.51. The highest BCUT2D eigenvalue weighted by Crippen LogP contribution is 2.23. The van der Waals surface area contributed by atoms with Gasteiger partial charge in [0.25, 0.3) is 0 Å². The van der Waals surface area contributed by atoms with E-state index in [1.807, 2.05) is 12.1 Å². The number of halogens is 1. The first-order valence-electron chi connectivity index (χ1n) is 4.70. The largest absolute Gasteiger partial charge is 0.330 e. The van der Waals surface area contributed by atoms with E-state index in [-0.39, 0.29) is 5.69 Å². The topological polar surface area (TPSA) is 63.8 Å². The monoisotopic (exact) mass is 269 g/mol. The van der Waals surface area contributed by atoms with Gasteiger partial charge in [-0.3, -0.25) is 4.57 Å². The van der Waals surface area contributed by atoms with Crippen LogP contribution >= 0.6 is 15.9 Å². The summed E-state index contributed by atoms with van der Waals surface area (Å²) in [5.74, 6) is 0. The third-order valence-electron chi connectivity index (χ3n) is 2.44. The molecule has 4 nitrogen and oxygen atoms in total. The second-order valence-electron chi connectivity index (χ2n) is 3.50. The number of imidazole rings is 1. The van der Waals surface area contributed by atoms with Gasteiger partial charge in [-0.2, -0.15) is 0 Å². The predicted octanol–water partition coefficient (Wildman–Crippen LogP) is 1.13. The molecule has 0 aliphatic carbocycles. The van der Waals surface area contributed by atoms with Crippen LogP contribution in [0, 0.1) is 0 Å². The Balaban J connectivity index is 2.73. The molecule has 80 valence electrons. The second-order valence-corrected chi connectivity index (χ2v) is 4.36. The number of benzene rings is 1. The van der Waals surface area contributed by atoms with Crippen molar-refractivity contribution in [2.24, 2.45) is 12.8 Å². The maximum absolute atomic E-state index is 11.4. The van der Waals surface area contributed by atoms with Crippen molar-refractivity contribution in [3.05, 3.63) is 32.7 Å². The Morgan fingerprint density at radius 2 is 2.27 bits per heavy atom. The Morgan fingerprint density at radius 1 is 1.53 bits per heavy atom. The Bertz CT molecular complexity index is 556. The minimum absolute atomic E-state index is 0.101. The first-order chi connectivity index (χ1) is 7.13. The molecule has 5 heteroatoms. The van der Waals surface area contributed by atoms with Gasteiger partial charge >= 0.3 is 5.69 Å². The average Bonchev–Trinajstić information content (AvgIpc) is 2.43. The smallest absolute Gasteiger partial charge is 0.326 e. The van der Waals surface area contributed by atoms with E-state index in [2.05, 4.69) is 20.9 Å². The van der Waals surface area contributed by atoms with E-state index >= 15 is 0 Å². The molecule has 1 aromatic carbocycles. The fourth-order valence-electron chi connectivity index (χ4n) is 1.70. The summed E-state index contributed by atoms with van der Waals surface area (Å²) in [6, 6.07) is 3.97. The highest BCUT2D eigenvalue weighted by molar-refractivity contribution is 9.10. The molecule has 0 spiro atoms. The summed E-state index contributed by atoms with van der Waals surface area (Å²) in [6.45, 7) is 0.606. The van der Waals surface area contributed by atoms with Crippen LogP contribution < -0.4 is 11.4 Å². The summed E-state index contributed by atoms with van der Waals surface area (Å²) >= 11 is 3.46. The van der Waals surface area contributed by atoms with Crippen molar-refractivity contribution in [3.8, 4) is 0 Å². The van der Waals surface area contributed by atoms with Crippen LogP contribution in [0.25, 0.3) is 11.0 Å². The van der Waals surface area contributed by atoms with Gasteiger partial charge in [0.15, 0.2) is 0 Å². The summed E-state index contributed by atoms with van der Waals surface area (Å²) in [5, 5.41) is 0. The molecule has 2 rings (SSSR count). The SMILES string of the molecule is Cn1c(=O)[nH]c2cc(CCN)cc(Br)c21. The molecule has 1 heterocycles. The highest BCUT2D eigenvalue weighted by atomic mass is 79.9. The molecule has 15 heavy (non-hydrogen) atoms. The van der Waals surface area contributed by atoms with Gasteiger partial charge in [-0.05, 0) is 46.6 Å². The van der Waals surface area contributed by atoms with Crippen molar-refractivity contribution in [1.29, 1.82) is 0 Å². The van der Waals surface area contributed by atoms with E-state index in [0.29, 0.717) is 6.54 Å². The standard InChI is InChI=1S/C10H12BrN3O/c1-14-9-7(11)4-6(2-3-12)5-8(9)13-10(14)15/h4-5H,2-3,12H2,1H3,(H,13,15). The Kier molecular flexibility index (Phi) is 2.67. The van der Waals surface area contributed by atoms with Crippen LogP contribution in [0.4, 0.5) is 0 Å². The lowest BCUT2D eigenvalue weighted by Crippen LogP contribution is -2.11. The molecule has 0 atom stereocenters. The lowest BCUT2D eigenvalue weighted by atomic mass is 10.1. The zero-order valence-corrected chi connectivity index (χ0v) is 9.97. The molecule has 0 saturated carbocycles. The Labute approximate surface area is 95.2 Å². The number of aromatic nitrogens is 2. The molecule has 0 bridgehead atoms. The normalized spacial score (nSPS) is 11.1. The van der Waals surface area contributed by atoms with E-state index in [1.165, 1.54) is 0 Å². The molecule has 0 saturated heterocycles. The van der Waals surface area contributed by atoms with Crippen molar-refractivity contribution in [3.63, 3.8) is 0 Å². The van der Waals surface area contributed by atoms with Gasteiger partial charge in [-0.25, -0.2) is 4.79 Å². The average molecular weight is 270 g/mol. The molecule has 2 aromatic rings. The van der Waals surface area contributed by atoms with E-state index in [9.17, 15) is 4.79 Å². The summed E-state index contributed by atoms with van der Waals surface area (Å²) in [4.78, 5) is 14.2. The first-order valence-corrected chi connectivity index (χ1v) is 5.50. The lowest BCUT2D eigenvalue weighted by Gasteiger charge is -2.02. The van der Waals surface area contributed by atoms with Gasteiger partial charge in [-0.1, -0.05) is 0 Å². The highest BCUT2D eigenvalue weighted by Gasteiger charge is 2.08. The maximum Gasteiger partial charge on any atom is 0.326 e.